The minimum atomic E-state index is -3.59. The maximum absolute atomic E-state index is 12.9. The van der Waals surface area contributed by atoms with Crippen molar-refractivity contribution in [3.05, 3.63) is 64.1 Å². The van der Waals surface area contributed by atoms with Gasteiger partial charge in [0.25, 0.3) is 0 Å². The third-order valence-corrected chi connectivity index (χ3v) is 7.16. The number of aryl methyl sites for hydroxylation is 1. The molecule has 0 radical (unpaired) electrons. The van der Waals surface area contributed by atoms with Crippen molar-refractivity contribution < 1.29 is 13.2 Å². The number of halogens is 1. The normalized spacial score (nSPS) is 18.2. The molecule has 1 saturated heterocycles. The summed E-state index contributed by atoms with van der Waals surface area (Å²) in [6.07, 6.45) is 1.38. The first-order chi connectivity index (χ1) is 12.9. The number of hydrogen-bond donors (Lipinski definition) is 1. The fraction of sp³-hybridized carbons (Fsp3) is 0.350. The zero-order valence-corrected chi connectivity index (χ0v) is 17.6. The summed E-state index contributed by atoms with van der Waals surface area (Å²) in [5.74, 6) is -0.416. The maximum atomic E-state index is 12.9. The fourth-order valence-electron chi connectivity index (χ4n) is 3.29. The molecule has 2 aromatic carbocycles. The van der Waals surface area contributed by atoms with Gasteiger partial charge in [0.05, 0.1) is 10.8 Å². The average Bonchev–Trinajstić information content (AvgIpc) is 2.66. The highest BCUT2D eigenvalue weighted by atomic mass is 79.9. The molecular weight excluding hydrogens is 428 g/mol. The van der Waals surface area contributed by atoms with Crippen molar-refractivity contribution in [1.29, 1.82) is 0 Å². The molecule has 1 amide bonds. The van der Waals surface area contributed by atoms with E-state index in [2.05, 4.69) is 21.2 Å². The van der Waals surface area contributed by atoms with Crippen LogP contribution in [-0.2, 0) is 21.4 Å². The lowest BCUT2D eigenvalue weighted by Gasteiger charge is -2.31. The fourth-order valence-corrected chi connectivity index (χ4v) is 5.07. The number of nitrogens with one attached hydrogen (secondary N) is 1. The molecule has 7 heteroatoms. The van der Waals surface area contributed by atoms with Crippen molar-refractivity contribution >= 4 is 31.9 Å². The summed E-state index contributed by atoms with van der Waals surface area (Å²) < 4.78 is 28.0. The van der Waals surface area contributed by atoms with E-state index >= 15 is 0 Å². The Kier molecular flexibility index (Phi) is 6.34. The Labute approximate surface area is 169 Å². The molecule has 0 aromatic heterocycles. The van der Waals surface area contributed by atoms with Gasteiger partial charge < -0.3 is 5.32 Å². The minimum absolute atomic E-state index is 0.0905. The SMILES string of the molecule is Cc1cccc(CNC(=O)C2CCCN(S(=O)(=O)c3ccc(Br)cc3)C2)c1. The van der Waals surface area contributed by atoms with Crippen molar-refractivity contribution in [3.8, 4) is 0 Å². The summed E-state index contributed by atoms with van der Waals surface area (Å²) >= 11 is 3.32. The Morgan fingerprint density at radius 1 is 1.22 bits per heavy atom. The molecule has 0 aliphatic carbocycles. The quantitative estimate of drug-likeness (QED) is 0.757. The second kappa shape index (κ2) is 8.54. The van der Waals surface area contributed by atoms with Gasteiger partial charge in [0.1, 0.15) is 0 Å². The average molecular weight is 451 g/mol. The third kappa shape index (κ3) is 4.97. The summed E-state index contributed by atoms with van der Waals surface area (Å²) in [5.41, 5.74) is 2.18. The first kappa shape index (κ1) is 20.0. The van der Waals surface area contributed by atoms with E-state index < -0.39 is 10.0 Å². The second-order valence-electron chi connectivity index (χ2n) is 6.86. The Balaban J connectivity index is 1.64. The Morgan fingerprint density at radius 2 is 1.96 bits per heavy atom. The van der Waals surface area contributed by atoms with Gasteiger partial charge in [0, 0.05) is 24.1 Å². The monoisotopic (exact) mass is 450 g/mol. The number of carbonyl (C=O) groups excluding carboxylic acids is 1. The van der Waals surface area contributed by atoms with Crippen LogP contribution in [0.25, 0.3) is 0 Å². The lowest BCUT2D eigenvalue weighted by atomic mass is 9.98. The molecule has 1 aliphatic heterocycles. The molecule has 3 rings (SSSR count). The van der Waals surface area contributed by atoms with Crippen LogP contribution in [0.15, 0.2) is 57.9 Å². The molecule has 2 aromatic rings. The lowest BCUT2D eigenvalue weighted by molar-refractivity contribution is -0.126. The van der Waals surface area contributed by atoms with Crippen LogP contribution in [0.4, 0.5) is 0 Å². The van der Waals surface area contributed by atoms with Gasteiger partial charge in [-0.3, -0.25) is 4.79 Å². The molecule has 0 bridgehead atoms. The van der Waals surface area contributed by atoms with E-state index in [9.17, 15) is 13.2 Å². The van der Waals surface area contributed by atoms with E-state index in [1.807, 2.05) is 31.2 Å². The van der Waals surface area contributed by atoms with Crippen LogP contribution in [0.3, 0.4) is 0 Å². The molecule has 0 saturated carbocycles. The highest BCUT2D eigenvalue weighted by Gasteiger charge is 2.33. The molecule has 5 nitrogen and oxygen atoms in total. The Morgan fingerprint density at radius 3 is 2.67 bits per heavy atom. The second-order valence-corrected chi connectivity index (χ2v) is 9.72. The van der Waals surface area contributed by atoms with E-state index in [-0.39, 0.29) is 23.3 Å². The smallest absolute Gasteiger partial charge is 0.243 e. The van der Waals surface area contributed by atoms with Crippen LogP contribution >= 0.6 is 15.9 Å². The van der Waals surface area contributed by atoms with Crippen LogP contribution in [0.1, 0.15) is 24.0 Å². The van der Waals surface area contributed by atoms with Crippen molar-refractivity contribution in [3.63, 3.8) is 0 Å². The maximum Gasteiger partial charge on any atom is 0.243 e. The summed E-state index contributed by atoms with van der Waals surface area (Å²) in [5, 5.41) is 2.95. The van der Waals surface area contributed by atoms with Crippen LogP contribution in [0.2, 0.25) is 0 Å². The van der Waals surface area contributed by atoms with Crippen molar-refractivity contribution in [2.45, 2.75) is 31.2 Å². The van der Waals surface area contributed by atoms with E-state index in [1.165, 1.54) is 4.31 Å². The number of carbonyl (C=O) groups is 1. The van der Waals surface area contributed by atoms with Gasteiger partial charge in [-0.05, 0) is 49.6 Å². The standard InChI is InChI=1S/C20H23BrN2O3S/c1-15-4-2-5-16(12-15)13-22-20(24)17-6-3-11-23(14-17)27(25,26)19-9-7-18(21)8-10-19/h2,4-5,7-10,12,17H,3,6,11,13-14H2,1H3,(H,22,24). The molecule has 1 N–H and O–H groups in total. The first-order valence-electron chi connectivity index (χ1n) is 8.95. The number of amides is 1. The predicted octanol–water partition coefficient (Wildman–Crippen LogP) is 3.47. The molecule has 27 heavy (non-hydrogen) atoms. The van der Waals surface area contributed by atoms with Gasteiger partial charge in [0.15, 0.2) is 0 Å². The van der Waals surface area contributed by atoms with Gasteiger partial charge in [-0.15, -0.1) is 0 Å². The largest absolute Gasteiger partial charge is 0.352 e. The minimum Gasteiger partial charge on any atom is -0.352 e. The van der Waals surface area contributed by atoms with Crippen LogP contribution in [0, 0.1) is 12.8 Å². The van der Waals surface area contributed by atoms with E-state index in [1.54, 1.807) is 24.3 Å². The number of sulfonamides is 1. The third-order valence-electron chi connectivity index (χ3n) is 4.76. The van der Waals surface area contributed by atoms with E-state index in [4.69, 9.17) is 0 Å². The van der Waals surface area contributed by atoms with Crippen molar-refractivity contribution in [2.75, 3.05) is 13.1 Å². The molecule has 0 spiro atoms. The molecular formula is C20H23BrN2O3S. The molecule has 1 fully saturated rings. The van der Waals surface area contributed by atoms with Crippen LogP contribution in [-0.4, -0.2) is 31.7 Å². The van der Waals surface area contributed by atoms with Crippen molar-refractivity contribution in [1.82, 2.24) is 9.62 Å². The topological polar surface area (TPSA) is 66.5 Å². The summed E-state index contributed by atoms with van der Waals surface area (Å²) in [7, 11) is -3.59. The molecule has 144 valence electrons. The van der Waals surface area contributed by atoms with E-state index in [0.717, 1.165) is 15.6 Å². The highest BCUT2D eigenvalue weighted by Crippen LogP contribution is 2.25. The number of benzene rings is 2. The molecule has 1 atom stereocenters. The Bertz CT molecular complexity index is 913. The van der Waals surface area contributed by atoms with Gasteiger partial charge in [-0.25, -0.2) is 8.42 Å². The Hall–Kier alpha value is -1.70. The number of hydrogen-bond acceptors (Lipinski definition) is 3. The van der Waals surface area contributed by atoms with Gasteiger partial charge in [-0.1, -0.05) is 45.8 Å². The van der Waals surface area contributed by atoms with Crippen LogP contribution < -0.4 is 5.32 Å². The molecule has 1 unspecified atom stereocenters. The number of piperidine rings is 1. The van der Waals surface area contributed by atoms with Crippen LogP contribution in [0.5, 0.6) is 0 Å². The summed E-state index contributed by atoms with van der Waals surface area (Å²) in [6.45, 7) is 3.13. The molecule has 1 aliphatic rings. The van der Waals surface area contributed by atoms with Crippen molar-refractivity contribution in [2.24, 2.45) is 5.92 Å². The summed E-state index contributed by atoms with van der Waals surface area (Å²) in [4.78, 5) is 12.8. The van der Waals surface area contributed by atoms with Gasteiger partial charge >= 0.3 is 0 Å². The lowest BCUT2D eigenvalue weighted by Crippen LogP contribution is -2.45. The number of rotatable bonds is 5. The molecule has 1 heterocycles. The first-order valence-corrected chi connectivity index (χ1v) is 11.2. The zero-order valence-electron chi connectivity index (χ0n) is 15.2. The van der Waals surface area contributed by atoms with Gasteiger partial charge in [-0.2, -0.15) is 4.31 Å². The highest BCUT2D eigenvalue weighted by molar-refractivity contribution is 9.10. The zero-order chi connectivity index (χ0) is 19.4. The predicted molar refractivity (Wildman–Crippen MR) is 109 cm³/mol. The van der Waals surface area contributed by atoms with Gasteiger partial charge in [0.2, 0.25) is 15.9 Å². The van der Waals surface area contributed by atoms with E-state index in [0.29, 0.717) is 25.9 Å². The number of nitrogens with zero attached hydrogens (tertiary/aromatic N) is 1. The summed E-state index contributed by atoms with van der Waals surface area (Å²) in [6, 6.07) is 14.6.